The van der Waals surface area contributed by atoms with Crippen LogP contribution in [0.5, 0.6) is 0 Å². The molecular formula is C9H13ClO3. The maximum atomic E-state index is 10.6. The number of carboxylic acid groups (broad SMARTS) is 1. The van der Waals surface area contributed by atoms with Crippen LogP contribution in [-0.2, 0) is 4.79 Å². The van der Waals surface area contributed by atoms with Gasteiger partial charge in [-0.2, -0.15) is 0 Å². The fourth-order valence-electron chi connectivity index (χ4n) is 2.85. The van der Waals surface area contributed by atoms with Crippen LogP contribution in [0, 0.1) is 11.8 Å². The van der Waals surface area contributed by atoms with Gasteiger partial charge in [-0.25, -0.2) is 0 Å². The average Bonchev–Trinajstić information content (AvgIpc) is 2.54. The van der Waals surface area contributed by atoms with Crippen molar-refractivity contribution in [3.05, 3.63) is 0 Å². The Morgan fingerprint density at radius 2 is 2.23 bits per heavy atom. The number of carbonyl (C=O) groups is 1. The van der Waals surface area contributed by atoms with E-state index in [1.54, 1.807) is 0 Å². The summed E-state index contributed by atoms with van der Waals surface area (Å²) in [5, 5.41) is 18.4. The normalized spacial score (nSPS) is 48.3. The van der Waals surface area contributed by atoms with E-state index in [0.29, 0.717) is 5.92 Å². The second-order valence-corrected chi connectivity index (χ2v) is 4.70. The number of carboxylic acids is 1. The summed E-state index contributed by atoms with van der Waals surface area (Å²) in [7, 11) is 0. The van der Waals surface area contributed by atoms with Gasteiger partial charge in [0.1, 0.15) is 0 Å². The van der Waals surface area contributed by atoms with E-state index >= 15 is 0 Å². The van der Waals surface area contributed by atoms with Crippen molar-refractivity contribution in [3.8, 4) is 0 Å². The number of aliphatic hydroxyl groups is 1. The Balaban J connectivity index is 2.17. The lowest BCUT2D eigenvalue weighted by Crippen LogP contribution is -2.46. The molecule has 74 valence electrons. The molecule has 2 rings (SSSR count). The largest absolute Gasteiger partial charge is 0.481 e. The predicted octanol–water partition coefficient (Wildman–Crippen LogP) is 1.23. The molecule has 2 bridgehead atoms. The molecular weight excluding hydrogens is 192 g/mol. The molecule has 0 unspecified atom stereocenters. The maximum Gasteiger partial charge on any atom is 0.306 e. The van der Waals surface area contributed by atoms with Crippen molar-refractivity contribution >= 4 is 17.6 Å². The summed E-state index contributed by atoms with van der Waals surface area (Å²) < 4.78 is 0. The number of aliphatic carboxylic acids is 1. The topological polar surface area (TPSA) is 57.5 Å². The third-order valence-electron chi connectivity index (χ3n) is 3.51. The van der Waals surface area contributed by atoms with Crippen LogP contribution < -0.4 is 0 Å². The lowest BCUT2D eigenvalue weighted by molar-refractivity contribution is -0.144. The van der Waals surface area contributed by atoms with E-state index in [0.717, 1.165) is 19.3 Å². The monoisotopic (exact) mass is 204 g/mol. The van der Waals surface area contributed by atoms with Crippen LogP contribution in [0.25, 0.3) is 0 Å². The Bertz CT molecular complexity index is 239. The standard InChI is InChI=1S/C9H13ClO3/c10-8-5-1-2-6(3-5)9(8,13)4-7(11)12/h5-6,8,13H,1-4H2,(H,11,12)/t5-,6+,8-,9+/m1/s1. The van der Waals surface area contributed by atoms with Gasteiger partial charge < -0.3 is 10.2 Å². The molecule has 2 saturated carbocycles. The first kappa shape index (κ1) is 9.28. The molecule has 2 fully saturated rings. The highest BCUT2D eigenvalue weighted by Gasteiger charge is 2.57. The van der Waals surface area contributed by atoms with Crippen molar-refractivity contribution in [1.29, 1.82) is 0 Å². The van der Waals surface area contributed by atoms with Gasteiger partial charge in [0.05, 0.1) is 17.4 Å². The summed E-state index contributed by atoms with van der Waals surface area (Å²) in [6.07, 6.45) is 2.67. The minimum Gasteiger partial charge on any atom is -0.481 e. The SMILES string of the molecule is O=C(O)C[C@]1(O)[C@H]2CC[C@H](C2)[C@H]1Cl. The van der Waals surface area contributed by atoms with Crippen LogP contribution in [-0.4, -0.2) is 27.2 Å². The summed E-state index contributed by atoms with van der Waals surface area (Å²) in [4.78, 5) is 10.6. The third-order valence-corrected chi connectivity index (χ3v) is 4.24. The Morgan fingerprint density at radius 3 is 2.69 bits per heavy atom. The van der Waals surface area contributed by atoms with Crippen molar-refractivity contribution in [2.24, 2.45) is 11.8 Å². The fourth-order valence-corrected chi connectivity index (χ4v) is 3.34. The number of alkyl halides is 1. The number of rotatable bonds is 2. The quantitative estimate of drug-likeness (QED) is 0.666. The van der Waals surface area contributed by atoms with Crippen molar-refractivity contribution in [3.63, 3.8) is 0 Å². The van der Waals surface area contributed by atoms with Gasteiger partial charge in [-0.3, -0.25) is 4.79 Å². The van der Waals surface area contributed by atoms with Gasteiger partial charge in [-0.05, 0) is 31.1 Å². The number of halogens is 1. The summed E-state index contributed by atoms with van der Waals surface area (Å²) in [6.45, 7) is 0. The average molecular weight is 205 g/mol. The van der Waals surface area contributed by atoms with Gasteiger partial charge in [-0.15, -0.1) is 11.6 Å². The van der Waals surface area contributed by atoms with Crippen LogP contribution in [0.4, 0.5) is 0 Å². The first-order chi connectivity index (χ1) is 6.04. The smallest absolute Gasteiger partial charge is 0.306 e. The van der Waals surface area contributed by atoms with Crippen LogP contribution in [0.1, 0.15) is 25.7 Å². The lowest BCUT2D eigenvalue weighted by atomic mass is 9.81. The highest BCUT2D eigenvalue weighted by atomic mass is 35.5. The molecule has 13 heavy (non-hydrogen) atoms. The molecule has 3 nitrogen and oxygen atoms in total. The molecule has 0 radical (unpaired) electrons. The highest BCUT2D eigenvalue weighted by Crippen LogP contribution is 2.54. The van der Waals surface area contributed by atoms with Crippen molar-refractivity contribution in [2.75, 3.05) is 0 Å². The summed E-state index contributed by atoms with van der Waals surface area (Å²) in [5.41, 5.74) is -1.14. The number of hydrogen-bond acceptors (Lipinski definition) is 2. The molecule has 0 heterocycles. The maximum absolute atomic E-state index is 10.6. The van der Waals surface area contributed by atoms with E-state index in [9.17, 15) is 9.90 Å². The second-order valence-electron chi connectivity index (χ2n) is 4.23. The molecule has 4 atom stereocenters. The van der Waals surface area contributed by atoms with E-state index in [2.05, 4.69) is 0 Å². The van der Waals surface area contributed by atoms with E-state index in [4.69, 9.17) is 16.7 Å². The predicted molar refractivity (Wildman–Crippen MR) is 47.7 cm³/mol. The van der Waals surface area contributed by atoms with E-state index in [-0.39, 0.29) is 17.7 Å². The zero-order valence-corrected chi connectivity index (χ0v) is 8.00. The Kier molecular flexibility index (Phi) is 2.04. The van der Waals surface area contributed by atoms with Crippen LogP contribution in [0.2, 0.25) is 0 Å². The minimum absolute atomic E-state index is 0.107. The van der Waals surface area contributed by atoms with E-state index < -0.39 is 11.6 Å². The zero-order chi connectivity index (χ0) is 9.64. The van der Waals surface area contributed by atoms with Crippen LogP contribution in [0.15, 0.2) is 0 Å². The molecule has 2 N–H and O–H groups in total. The molecule has 0 aromatic carbocycles. The van der Waals surface area contributed by atoms with Crippen LogP contribution >= 0.6 is 11.6 Å². The first-order valence-electron chi connectivity index (χ1n) is 4.62. The zero-order valence-electron chi connectivity index (χ0n) is 7.24. The first-order valence-corrected chi connectivity index (χ1v) is 5.06. The highest BCUT2D eigenvalue weighted by molar-refractivity contribution is 6.22. The molecule has 4 heteroatoms. The third kappa shape index (κ3) is 1.25. The Morgan fingerprint density at radius 1 is 1.54 bits per heavy atom. The van der Waals surface area contributed by atoms with Gasteiger partial charge in [0.15, 0.2) is 0 Å². The Labute approximate surface area is 81.7 Å². The van der Waals surface area contributed by atoms with Gasteiger partial charge >= 0.3 is 5.97 Å². The number of fused-ring (bicyclic) bond motifs is 2. The van der Waals surface area contributed by atoms with E-state index in [1.807, 2.05) is 0 Å². The molecule has 0 spiro atoms. The molecule has 0 saturated heterocycles. The number of hydrogen-bond donors (Lipinski definition) is 2. The summed E-state index contributed by atoms with van der Waals surface area (Å²) >= 11 is 6.05. The van der Waals surface area contributed by atoms with Crippen molar-refractivity contribution < 1.29 is 15.0 Å². The minimum atomic E-state index is -1.14. The van der Waals surface area contributed by atoms with Crippen molar-refractivity contribution in [2.45, 2.75) is 36.7 Å². The molecule has 2 aliphatic rings. The summed E-state index contributed by atoms with van der Waals surface area (Å²) in [5.74, 6) is -0.521. The second kappa shape index (κ2) is 2.85. The summed E-state index contributed by atoms with van der Waals surface area (Å²) in [6, 6.07) is 0. The fraction of sp³-hybridized carbons (Fsp3) is 0.889. The van der Waals surface area contributed by atoms with Gasteiger partial charge in [-0.1, -0.05) is 0 Å². The Hall–Kier alpha value is -0.280. The van der Waals surface area contributed by atoms with Gasteiger partial charge in [0.25, 0.3) is 0 Å². The molecule has 2 aliphatic carbocycles. The molecule has 0 aromatic rings. The van der Waals surface area contributed by atoms with Crippen LogP contribution in [0.3, 0.4) is 0 Å². The molecule has 0 aliphatic heterocycles. The molecule has 0 amide bonds. The lowest BCUT2D eigenvalue weighted by Gasteiger charge is -2.35. The van der Waals surface area contributed by atoms with Gasteiger partial charge in [0, 0.05) is 0 Å². The van der Waals surface area contributed by atoms with Gasteiger partial charge in [0.2, 0.25) is 0 Å². The van der Waals surface area contributed by atoms with Crippen molar-refractivity contribution in [1.82, 2.24) is 0 Å². The molecule has 0 aromatic heterocycles. The van der Waals surface area contributed by atoms with E-state index in [1.165, 1.54) is 0 Å².